The van der Waals surface area contributed by atoms with Gasteiger partial charge in [-0.05, 0) is 44.9 Å². The lowest BCUT2D eigenvalue weighted by molar-refractivity contribution is -0.121. The molecular formula is C16H24N2O2. The van der Waals surface area contributed by atoms with Gasteiger partial charge < -0.3 is 10.1 Å². The van der Waals surface area contributed by atoms with Gasteiger partial charge in [-0.25, -0.2) is 0 Å². The summed E-state index contributed by atoms with van der Waals surface area (Å²) in [6.07, 6.45) is 0.375. The molecule has 0 aromatic heterocycles. The van der Waals surface area contributed by atoms with Crippen molar-refractivity contribution in [2.24, 2.45) is 0 Å². The van der Waals surface area contributed by atoms with Crippen molar-refractivity contribution < 1.29 is 9.53 Å². The molecule has 0 unspecified atom stereocenters. The van der Waals surface area contributed by atoms with Gasteiger partial charge in [0.25, 0.3) is 0 Å². The Labute approximate surface area is 121 Å². The predicted molar refractivity (Wildman–Crippen MR) is 81.0 cm³/mol. The average molecular weight is 276 g/mol. The van der Waals surface area contributed by atoms with E-state index in [2.05, 4.69) is 23.2 Å². The van der Waals surface area contributed by atoms with Crippen molar-refractivity contribution in [1.29, 1.82) is 0 Å². The number of amides is 1. The second-order valence-electron chi connectivity index (χ2n) is 5.75. The summed E-state index contributed by atoms with van der Waals surface area (Å²) in [5, 5.41) is 3.01. The van der Waals surface area contributed by atoms with Crippen molar-refractivity contribution in [3.8, 4) is 0 Å². The summed E-state index contributed by atoms with van der Waals surface area (Å²) >= 11 is 0. The number of nitrogens with zero attached hydrogens (tertiary/aromatic N) is 1. The first-order valence-corrected chi connectivity index (χ1v) is 7.19. The highest BCUT2D eigenvalue weighted by atomic mass is 16.5. The Balaban J connectivity index is 1.94. The maximum Gasteiger partial charge on any atom is 0.238 e. The largest absolute Gasteiger partial charge is 0.373 e. The van der Waals surface area contributed by atoms with Crippen LogP contribution in [0.15, 0.2) is 18.2 Å². The topological polar surface area (TPSA) is 41.6 Å². The van der Waals surface area contributed by atoms with Crippen LogP contribution in [0.4, 0.5) is 5.69 Å². The first-order valence-electron chi connectivity index (χ1n) is 7.19. The summed E-state index contributed by atoms with van der Waals surface area (Å²) in [7, 11) is 0. The van der Waals surface area contributed by atoms with E-state index in [1.54, 1.807) is 0 Å². The van der Waals surface area contributed by atoms with Crippen molar-refractivity contribution >= 4 is 11.6 Å². The second kappa shape index (κ2) is 6.37. The molecule has 110 valence electrons. The van der Waals surface area contributed by atoms with Crippen LogP contribution in [0.5, 0.6) is 0 Å². The van der Waals surface area contributed by atoms with E-state index in [0.29, 0.717) is 6.54 Å². The SMILES string of the molecule is Cc1cccc(NC(=O)CN2C[C@@H](C)O[C@@H](C)C2)c1C. The van der Waals surface area contributed by atoms with Crippen molar-refractivity contribution in [3.05, 3.63) is 29.3 Å². The van der Waals surface area contributed by atoms with E-state index < -0.39 is 0 Å². The van der Waals surface area contributed by atoms with Crippen LogP contribution < -0.4 is 5.32 Å². The summed E-state index contributed by atoms with van der Waals surface area (Å²) in [6, 6.07) is 5.97. The molecule has 4 nitrogen and oxygen atoms in total. The van der Waals surface area contributed by atoms with Crippen molar-refractivity contribution in [1.82, 2.24) is 4.90 Å². The van der Waals surface area contributed by atoms with Gasteiger partial charge in [0.15, 0.2) is 0 Å². The minimum atomic E-state index is 0.0417. The van der Waals surface area contributed by atoms with Crippen molar-refractivity contribution in [2.45, 2.75) is 39.9 Å². The molecule has 1 aliphatic rings. The molecule has 1 amide bonds. The van der Waals surface area contributed by atoms with Gasteiger partial charge in [0.1, 0.15) is 0 Å². The Morgan fingerprint density at radius 3 is 2.60 bits per heavy atom. The number of carbonyl (C=O) groups excluding carboxylic acids is 1. The maximum atomic E-state index is 12.2. The summed E-state index contributed by atoms with van der Waals surface area (Å²) in [5.74, 6) is 0.0417. The molecule has 2 rings (SSSR count). The van der Waals surface area contributed by atoms with Crippen LogP contribution in [0.1, 0.15) is 25.0 Å². The molecule has 1 aromatic rings. The normalized spacial score (nSPS) is 23.6. The number of rotatable bonds is 3. The molecule has 20 heavy (non-hydrogen) atoms. The number of nitrogens with one attached hydrogen (secondary N) is 1. The molecule has 1 N–H and O–H groups in total. The Kier molecular flexibility index (Phi) is 4.78. The number of hydrogen-bond donors (Lipinski definition) is 1. The van der Waals surface area contributed by atoms with E-state index in [1.165, 1.54) is 5.56 Å². The fraction of sp³-hybridized carbons (Fsp3) is 0.562. The lowest BCUT2D eigenvalue weighted by Crippen LogP contribution is -2.48. The predicted octanol–water partition coefficient (Wildman–Crippen LogP) is 2.35. The molecule has 1 saturated heterocycles. The van der Waals surface area contributed by atoms with Gasteiger partial charge in [-0.2, -0.15) is 0 Å². The zero-order valence-electron chi connectivity index (χ0n) is 12.8. The number of aryl methyl sites for hydroxylation is 1. The fourth-order valence-corrected chi connectivity index (χ4v) is 2.69. The first kappa shape index (κ1) is 15.0. The minimum absolute atomic E-state index is 0.0417. The van der Waals surface area contributed by atoms with Gasteiger partial charge in [0, 0.05) is 18.8 Å². The molecule has 0 aliphatic carbocycles. The zero-order valence-corrected chi connectivity index (χ0v) is 12.8. The van der Waals surface area contributed by atoms with E-state index >= 15 is 0 Å². The standard InChI is InChI=1S/C16H24N2O2/c1-11-6-5-7-15(14(11)4)17-16(19)10-18-8-12(2)20-13(3)9-18/h5-7,12-13H,8-10H2,1-4H3,(H,17,19)/t12-,13+. The Hall–Kier alpha value is -1.39. The van der Waals surface area contributed by atoms with E-state index in [9.17, 15) is 4.79 Å². The molecule has 1 aliphatic heterocycles. The van der Waals surface area contributed by atoms with Crippen LogP contribution in [0, 0.1) is 13.8 Å². The molecule has 2 atom stereocenters. The van der Waals surface area contributed by atoms with E-state index in [1.807, 2.05) is 32.9 Å². The summed E-state index contributed by atoms with van der Waals surface area (Å²) in [6.45, 7) is 10.2. The van der Waals surface area contributed by atoms with Gasteiger partial charge in [-0.3, -0.25) is 9.69 Å². The minimum Gasteiger partial charge on any atom is -0.373 e. The molecule has 0 saturated carbocycles. The number of morpholine rings is 1. The van der Waals surface area contributed by atoms with Gasteiger partial charge in [0.2, 0.25) is 5.91 Å². The highest BCUT2D eigenvalue weighted by Crippen LogP contribution is 2.18. The lowest BCUT2D eigenvalue weighted by Gasteiger charge is -2.34. The van der Waals surface area contributed by atoms with Crippen LogP contribution in [-0.4, -0.2) is 42.6 Å². The fourth-order valence-electron chi connectivity index (χ4n) is 2.69. The maximum absolute atomic E-state index is 12.2. The molecule has 0 spiro atoms. The van der Waals surface area contributed by atoms with Crippen molar-refractivity contribution in [2.75, 3.05) is 25.0 Å². The van der Waals surface area contributed by atoms with Gasteiger partial charge in [-0.15, -0.1) is 0 Å². The van der Waals surface area contributed by atoms with Crippen LogP contribution in [-0.2, 0) is 9.53 Å². The van der Waals surface area contributed by atoms with Crippen LogP contribution in [0.25, 0.3) is 0 Å². The summed E-state index contributed by atoms with van der Waals surface area (Å²) < 4.78 is 5.68. The number of anilines is 1. The van der Waals surface area contributed by atoms with Crippen LogP contribution >= 0.6 is 0 Å². The molecule has 0 radical (unpaired) electrons. The molecule has 1 fully saturated rings. The lowest BCUT2D eigenvalue weighted by atomic mass is 10.1. The summed E-state index contributed by atoms with van der Waals surface area (Å²) in [5.41, 5.74) is 3.23. The highest BCUT2D eigenvalue weighted by molar-refractivity contribution is 5.93. The molecule has 4 heteroatoms. The molecular weight excluding hydrogens is 252 g/mol. The Bertz CT molecular complexity index is 477. The monoisotopic (exact) mass is 276 g/mol. The third-order valence-electron chi connectivity index (χ3n) is 3.74. The smallest absolute Gasteiger partial charge is 0.238 e. The molecule has 1 aromatic carbocycles. The molecule has 1 heterocycles. The third kappa shape index (κ3) is 3.81. The van der Waals surface area contributed by atoms with E-state index in [-0.39, 0.29) is 18.1 Å². The van der Waals surface area contributed by atoms with Crippen LogP contribution in [0.3, 0.4) is 0 Å². The van der Waals surface area contributed by atoms with E-state index in [4.69, 9.17) is 4.74 Å². The number of benzene rings is 1. The second-order valence-corrected chi connectivity index (χ2v) is 5.75. The quantitative estimate of drug-likeness (QED) is 0.921. The number of ether oxygens (including phenoxy) is 1. The Morgan fingerprint density at radius 1 is 1.30 bits per heavy atom. The van der Waals surface area contributed by atoms with E-state index in [0.717, 1.165) is 24.3 Å². The zero-order chi connectivity index (χ0) is 14.7. The van der Waals surface area contributed by atoms with Gasteiger partial charge >= 0.3 is 0 Å². The van der Waals surface area contributed by atoms with Gasteiger partial charge in [-0.1, -0.05) is 12.1 Å². The number of hydrogen-bond acceptors (Lipinski definition) is 3. The van der Waals surface area contributed by atoms with Crippen LogP contribution in [0.2, 0.25) is 0 Å². The Morgan fingerprint density at radius 2 is 1.95 bits per heavy atom. The average Bonchev–Trinajstić information content (AvgIpc) is 2.33. The van der Waals surface area contributed by atoms with Gasteiger partial charge in [0.05, 0.1) is 18.8 Å². The third-order valence-corrected chi connectivity index (χ3v) is 3.74. The summed E-state index contributed by atoms with van der Waals surface area (Å²) in [4.78, 5) is 14.3. The first-order chi connectivity index (χ1) is 9.45. The molecule has 0 bridgehead atoms. The van der Waals surface area contributed by atoms with Crippen molar-refractivity contribution in [3.63, 3.8) is 0 Å². The highest BCUT2D eigenvalue weighted by Gasteiger charge is 2.23. The number of carbonyl (C=O) groups is 1.